The standard InChI is InChI=1S/C11H13BrN4O/c1-8(15-11-13-7-14-16-11)6-17-10-5-3-2-4-9(10)12/h2-5,7-8H,6H2,1H3,(H2,13,14,15,16). The van der Waals surface area contributed by atoms with Crippen LogP contribution in [0.3, 0.4) is 0 Å². The monoisotopic (exact) mass is 296 g/mol. The lowest BCUT2D eigenvalue weighted by molar-refractivity contribution is 0.301. The van der Waals surface area contributed by atoms with E-state index in [-0.39, 0.29) is 6.04 Å². The molecule has 0 aliphatic rings. The fourth-order valence-corrected chi connectivity index (χ4v) is 1.73. The van der Waals surface area contributed by atoms with Crippen molar-refractivity contribution in [3.63, 3.8) is 0 Å². The van der Waals surface area contributed by atoms with E-state index in [0.29, 0.717) is 12.6 Å². The second-order valence-electron chi connectivity index (χ2n) is 3.62. The Morgan fingerprint density at radius 2 is 2.29 bits per heavy atom. The van der Waals surface area contributed by atoms with Gasteiger partial charge in [-0.2, -0.15) is 5.10 Å². The van der Waals surface area contributed by atoms with E-state index >= 15 is 0 Å². The number of ether oxygens (including phenoxy) is 1. The Balaban J connectivity index is 1.84. The number of rotatable bonds is 5. The van der Waals surface area contributed by atoms with Gasteiger partial charge in [0.25, 0.3) is 0 Å². The maximum atomic E-state index is 5.68. The molecule has 1 heterocycles. The molecule has 1 aromatic heterocycles. The molecular weight excluding hydrogens is 284 g/mol. The van der Waals surface area contributed by atoms with Crippen LogP contribution in [0.15, 0.2) is 35.1 Å². The van der Waals surface area contributed by atoms with E-state index in [4.69, 9.17) is 4.74 Å². The molecule has 2 N–H and O–H groups in total. The number of hydrogen-bond donors (Lipinski definition) is 2. The van der Waals surface area contributed by atoms with Gasteiger partial charge in [-0.05, 0) is 35.0 Å². The van der Waals surface area contributed by atoms with Crippen molar-refractivity contribution in [2.24, 2.45) is 0 Å². The highest BCUT2D eigenvalue weighted by atomic mass is 79.9. The third-order valence-corrected chi connectivity index (χ3v) is 2.78. The minimum Gasteiger partial charge on any atom is -0.490 e. The van der Waals surface area contributed by atoms with Gasteiger partial charge in [-0.25, -0.2) is 10.1 Å². The summed E-state index contributed by atoms with van der Waals surface area (Å²) < 4.78 is 6.63. The Bertz CT molecular complexity index is 460. The minimum atomic E-state index is 0.134. The first-order chi connectivity index (χ1) is 8.25. The highest BCUT2D eigenvalue weighted by Gasteiger charge is 2.06. The van der Waals surface area contributed by atoms with Gasteiger partial charge >= 0.3 is 0 Å². The van der Waals surface area contributed by atoms with Crippen molar-refractivity contribution in [3.8, 4) is 5.75 Å². The molecule has 0 bridgehead atoms. The van der Waals surface area contributed by atoms with Crippen LogP contribution in [0.5, 0.6) is 5.75 Å². The van der Waals surface area contributed by atoms with Gasteiger partial charge in [0.1, 0.15) is 18.7 Å². The Morgan fingerprint density at radius 1 is 1.47 bits per heavy atom. The van der Waals surface area contributed by atoms with Crippen LogP contribution < -0.4 is 10.1 Å². The molecule has 1 aromatic carbocycles. The minimum absolute atomic E-state index is 0.134. The molecule has 0 aliphatic heterocycles. The molecule has 0 fully saturated rings. The van der Waals surface area contributed by atoms with Crippen molar-refractivity contribution in [2.45, 2.75) is 13.0 Å². The Hall–Kier alpha value is -1.56. The number of aromatic amines is 1. The fourth-order valence-electron chi connectivity index (χ4n) is 1.33. The highest BCUT2D eigenvalue weighted by Crippen LogP contribution is 2.23. The van der Waals surface area contributed by atoms with E-state index in [1.807, 2.05) is 31.2 Å². The Morgan fingerprint density at radius 3 is 3.00 bits per heavy atom. The quantitative estimate of drug-likeness (QED) is 0.890. The second-order valence-corrected chi connectivity index (χ2v) is 4.48. The van der Waals surface area contributed by atoms with E-state index in [0.717, 1.165) is 10.2 Å². The molecule has 0 saturated carbocycles. The van der Waals surface area contributed by atoms with Crippen molar-refractivity contribution < 1.29 is 4.74 Å². The second kappa shape index (κ2) is 5.67. The van der Waals surface area contributed by atoms with Gasteiger partial charge in [0.15, 0.2) is 0 Å². The van der Waals surface area contributed by atoms with E-state index in [1.54, 1.807) is 0 Å². The van der Waals surface area contributed by atoms with Crippen LogP contribution in [0, 0.1) is 0 Å². The maximum Gasteiger partial charge on any atom is 0.218 e. The Kier molecular flexibility index (Phi) is 3.98. The third kappa shape index (κ3) is 3.45. The highest BCUT2D eigenvalue weighted by molar-refractivity contribution is 9.10. The van der Waals surface area contributed by atoms with Crippen molar-refractivity contribution in [1.82, 2.24) is 15.2 Å². The van der Waals surface area contributed by atoms with Crippen molar-refractivity contribution in [3.05, 3.63) is 35.1 Å². The average Bonchev–Trinajstić information content (AvgIpc) is 2.81. The summed E-state index contributed by atoms with van der Waals surface area (Å²) in [5.41, 5.74) is 0. The summed E-state index contributed by atoms with van der Waals surface area (Å²) in [5.74, 6) is 1.48. The lowest BCUT2D eigenvalue weighted by Gasteiger charge is -2.14. The molecule has 2 aromatic rings. The van der Waals surface area contributed by atoms with E-state index in [9.17, 15) is 0 Å². The number of halogens is 1. The molecule has 17 heavy (non-hydrogen) atoms. The van der Waals surface area contributed by atoms with E-state index < -0.39 is 0 Å². The number of benzene rings is 1. The number of nitrogens with one attached hydrogen (secondary N) is 2. The number of hydrogen-bond acceptors (Lipinski definition) is 4. The normalized spacial score (nSPS) is 12.1. The summed E-state index contributed by atoms with van der Waals surface area (Å²) in [6.07, 6.45) is 1.46. The van der Waals surface area contributed by atoms with Gasteiger partial charge in [-0.3, -0.25) is 0 Å². The van der Waals surface area contributed by atoms with Gasteiger partial charge in [-0.1, -0.05) is 12.1 Å². The average molecular weight is 297 g/mol. The molecule has 0 saturated heterocycles. The van der Waals surface area contributed by atoms with Crippen molar-refractivity contribution >= 4 is 21.9 Å². The molecule has 0 aliphatic carbocycles. The zero-order chi connectivity index (χ0) is 12.1. The molecule has 0 radical (unpaired) electrons. The summed E-state index contributed by atoms with van der Waals surface area (Å²) in [6.45, 7) is 2.56. The van der Waals surface area contributed by atoms with Crippen molar-refractivity contribution in [1.29, 1.82) is 0 Å². The van der Waals surface area contributed by atoms with Crippen LogP contribution in [-0.2, 0) is 0 Å². The first-order valence-corrected chi connectivity index (χ1v) is 6.04. The predicted octanol–water partition coefficient (Wildman–Crippen LogP) is 2.45. The summed E-state index contributed by atoms with van der Waals surface area (Å²) in [4.78, 5) is 3.99. The number of anilines is 1. The molecule has 0 amide bonds. The largest absolute Gasteiger partial charge is 0.490 e. The maximum absolute atomic E-state index is 5.68. The first kappa shape index (κ1) is 11.9. The van der Waals surface area contributed by atoms with Gasteiger partial charge in [-0.15, -0.1) is 0 Å². The zero-order valence-electron chi connectivity index (χ0n) is 9.35. The van der Waals surface area contributed by atoms with Crippen LogP contribution >= 0.6 is 15.9 Å². The molecular formula is C11H13BrN4O. The third-order valence-electron chi connectivity index (χ3n) is 2.12. The van der Waals surface area contributed by atoms with Gasteiger partial charge < -0.3 is 10.1 Å². The van der Waals surface area contributed by atoms with Gasteiger partial charge in [0, 0.05) is 0 Å². The molecule has 2 rings (SSSR count). The fraction of sp³-hybridized carbons (Fsp3) is 0.273. The lowest BCUT2D eigenvalue weighted by Crippen LogP contribution is -2.24. The van der Waals surface area contributed by atoms with Crippen LogP contribution in [0.4, 0.5) is 5.95 Å². The molecule has 6 heteroatoms. The Labute approximate surface area is 108 Å². The molecule has 0 spiro atoms. The van der Waals surface area contributed by atoms with Crippen LogP contribution in [0.25, 0.3) is 0 Å². The summed E-state index contributed by atoms with van der Waals surface area (Å²) in [6, 6.07) is 7.90. The molecule has 1 atom stereocenters. The molecule has 90 valence electrons. The lowest BCUT2D eigenvalue weighted by atomic mass is 10.3. The van der Waals surface area contributed by atoms with Crippen LogP contribution in [0.1, 0.15) is 6.92 Å². The summed E-state index contributed by atoms with van der Waals surface area (Å²) in [7, 11) is 0. The number of para-hydroxylation sites is 1. The topological polar surface area (TPSA) is 62.8 Å². The number of nitrogens with zero attached hydrogens (tertiary/aromatic N) is 2. The van der Waals surface area contributed by atoms with Gasteiger partial charge in [0.05, 0.1) is 10.5 Å². The van der Waals surface area contributed by atoms with Crippen molar-refractivity contribution in [2.75, 3.05) is 11.9 Å². The smallest absolute Gasteiger partial charge is 0.218 e. The molecule has 1 unspecified atom stereocenters. The number of aromatic nitrogens is 3. The van der Waals surface area contributed by atoms with Crippen LogP contribution in [-0.4, -0.2) is 27.8 Å². The summed E-state index contributed by atoms with van der Waals surface area (Å²) in [5, 5.41) is 9.64. The molecule has 5 nitrogen and oxygen atoms in total. The van der Waals surface area contributed by atoms with Crippen LogP contribution in [0.2, 0.25) is 0 Å². The zero-order valence-corrected chi connectivity index (χ0v) is 10.9. The predicted molar refractivity (Wildman–Crippen MR) is 69.1 cm³/mol. The summed E-state index contributed by atoms with van der Waals surface area (Å²) >= 11 is 3.43. The first-order valence-electron chi connectivity index (χ1n) is 5.25. The van der Waals surface area contributed by atoms with E-state index in [1.165, 1.54) is 6.33 Å². The SMILES string of the molecule is CC(COc1ccccc1Br)Nc1ncn[nH]1. The number of H-pyrrole nitrogens is 1. The van der Waals surface area contributed by atoms with Gasteiger partial charge in [0.2, 0.25) is 5.95 Å². The van der Waals surface area contributed by atoms with E-state index in [2.05, 4.69) is 36.4 Å².